The van der Waals surface area contributed by atoms with E-state index in [0.717, 1.165) is 37.2 Å². The predicted molar refractivity (Wildman–Crippen MR) is 77.0 cm³/mol. The van der Waals surface area contributed by atoms with Crippen LogP contribution < -0.4 is 10.2 Å². The number of pyridine rings is 1. The van der Waals surface area contributed by atoms with E-state index in [-0.39, 0.29) is 0 Å². The van der Waals surface area contributed by atoms with Gasteiger partial charge in [-0.2, -0.15) is 0 Å². The highest BCUT2D eigenvalue weighted by Crippen LogP contribution is 2.30. The topological polar surface area (TPSA) is 28.2 Å². The Bertz CT molecular complexity index is 418. The lowest BCUT2D eigenvalue weighted by Gasteiger charge is -2.22. The number of anilines is 1. The van der Waals surface area contributed by atoms with Gasteiger partial charge in [0.2, 0.25) is 0 Å². The largest absolute Gasteiger partial charge is 0.356 e. The van der Waals surface area contributed by atoms with Gasteiger partial charge >= 0.3 is 0 Å². The third kappa shape index (κ3) is 2.51. The van der Waals surface area contributed by atoms with Gasteiger partial charge in [-0.3, -0.25) is 0 Å². The van der Waals surface area contributed by atoms with Crippen LogP contribution in [-0.2, 0) is 6.54 Å². The van der Waals surface area contributed by atoms with Crippen LogP contribution in [0.1, 0.15) is 30.7 Å². The lowest BCUT2D eigenvalue weighted by Crippen LogP contribution is -2.24. The lowest BCUT2D eigenvalue weighted by molar-refractivity contribution is 0.494. The third-order valence-electron chi connectivity index (χ3n) is 4.09. The van der Waals surface area contributed by atoms with E-state index < -0.39 is 0 Å². The Balaban J connectivity index is 2.36. The second-order valence-corrected chi connectivity index (χ2v) is 5.77. The summed E-state index contributed by atoms with van der Waals surface area (Å²) in [5, 5.41) is 3.26. The van der Waals surface area contributed by atoms with Crippen molar-refractivity contribution in [2.24, 2.45) is 11.8 Å². The molecule has 1 N–H and O–H groups in total. The summed E-state index contributed by atoms with van der Waals surface area (Å²) in [5.74, 6) is 2.71. The molecule has 1 aromatic rings. The summed E-state index contributed by atoms with van der Waals surface area (Å²) in [4.78, 5) is 7.25. The summed E-state index contributed by atoms with van der Waals surface area (Å²) >= 11 is 0. The van der Waals surface area contributed by atoms with Gasteiger partial charge in [-0.15, -0.1) is 0 Å². The molecule has 3 nitrogen and oxygen atoms in total. The van der Waals surface area contributed by atoms with E-state index in [4.69, 9.17) is 4.98 Å². The average Bonchev–Trinajstić information content (AvgIpc) is 2.63. The summed E-state index contributed by atoms with van der Waals surface area (Å²) < 4.78 is 0. The summed E-state index contributed by atoms with van der Waals surface area (Å²) in [7, 11) is 2.00. The first-order valence-electron chi connectivity index (χ1n) is 6.89. The summed E-state index contributed by atoms with van der Waals surface area (Å²) in [5.41, 5.74) is 3.82. The molecule has 1 aromatic heterocycles. The van der Waals surface area contributed by atoms with Crippen LogP contribution in [0.4, 0.5) is 5.82 Å². The highest BCUT2D eigenvalue weighted by Gasteiger charge is 2.28. The van der Waals surface area contributed by atoms with Crippen molar-refractivity contribution in [2.75, 3.05) is 25.0 Å². The fourth-order valence-electron chi connectivity index (χ4n) is 2.80. The molecule has 0 spiro atoms. The Kier molecular flexibility index (Phi) is 3.91. The Morgan fingerprint density at radius 3 is 2.44 bits per heavy atom. The molecular formula is C15H25N3. The fourth-order valence-corrected chi connectivity index (χ4v) is 2.80. The summed E-state index contributed by atoms with van der Waals surface area (Å²) in [6.45, 7) is 12.1. The van der Waals surface area contributed by atoms with Crippen molar-refractivity contribution in [3.8, 4) is 0 Å². The molecule has 1 fully saturated rings. The van der Waals surface area contributed by atoms with Crippen molar-refractivity contribution < 1.29 is 0 Å². The molecule has 3 heteroatoms. The van der Waals surface area contributed by atoms with Crippen LogP contribution >= 0.6 is 0 Å². The molecular weight excluding hydrogens is 222 g/mol. The number of hydrogen-bond donors (Lipinski definition) is 1. The van der Waals surface area contributed by atoms with Gasteiger partial charge in [0.25, 0.3) is 0 Å². The molecule has 0 radical (unpaired) electrons. The smallest absolute Gasteiger partial charge is 0.133 e. The highest BCUT2D eigenvalue weighted by molar-refractivity contribution is 5.52. The molecule has 0 bridgehead atoms. The van der Waals surface area contributed by atoms with Gasteiger partial charge in [-0.25, -0.2) is 4.98 Å². The van der Waals surface area contributed by atoms with E-state index in [1.807, 2.05) is 7.05 Å². The van der Waals surface area contributed by atoms with Crippen LogP contribution in [0.5, 0.6) is 0 Å². The van der Waals surface area contributed by atoms with Crippen molar-refractivity contribution in [3.05, 3.63) is 22.9 Å². The average molecular weight is 247 g/mol. The maximum Gasteiger partial charge on any atom is 0.133 e. The second-order valence-electron chi connectivity index (χ2n) is 5.77. The molecule has 0 saturated carbocycles. The molecule has 1 aliphatic rings. The van der Waals surface area contributed by atoms with Gasteiger partial charge in [0.15, 0.2) is 0 Å². The standard InChI is InChI=1S/C15H25N3/c1-10-6-13(4)17-15(14(10)7-16-5)18-8-11(2)12(3)9-18/h6,11-12,16H,7-9H2,1-5H3. The van der Waals surface area contributed by atoms with Crippen LogP contribution in [0.3, 0.4) is 0 Å². The molecule has 2 heterocycles. The van der Waals surface area contributed by atoms with Crippen molar-refractivity contribution in [3.63, 3.8) is 0 Å². The first-order valence-corrected chi connectivity index (χ1v) is 6.89. The minimum absolute atomic E-state index is 0.759. The third-order valence-corrected chi connectivity index (χ3v) is 4.09. The van der Waals surface area contributed by atoms with Gasteiger partial charge in [0.1, 0.15) is 5.82 Å². The van der Waals surface area contributed by atoms with Gasteiger partial charge in [0.05, 0.1) is 0 Å². The van der Waals surface area contributed by atoms with Crippen molar-refractivity contribution in [1.29, 1.82) is 0 Å². The first-order chi connectivity index (χ1) is 8.52. The van der Waals surface area contributed by atoms with Crippen LogP contribution in [0.15, 0.2) is 6.07 Å². The number of nitrogens with one attached hydrogen (secondary N) is 1. The van der Waals surface area contributed by atoms with Crippen LogP contribution in [-0.4, -0.2) is 25.1 Å². The molecule has 2 unspecified atom stereocenters. The van der Waals surface area contributed by atoms with Gasteiger partial charge < -0.3 is 10.2 Å². The summed E-state index contributed by atoms with van der Waals surface area (Å²) in [6.07, 6.45) is 0. The Morgan fingerprint density at radius 1 is 1.28 bits per heavy atom. The van der Waals surface area contributed by atoms with Crippen LogP contribution in [0.25, 0.3) is 0 Å². The Morgan fingerprint density at radius 2 is 1.89 bits per heavy atom. The molecule has 0 aliphatic carbocycles. The number of aryl methyl sites for hydroxylation is 2. The SMILES string of the molecule is CNCc1c(C)cc(C)nc1N1CC(C)C(C)C1. The first kappa shape index (κ1) is 13.3. The fraction of sp³-hybridized carbons (Fsp3) is 0.667. The molecule has 1 saturated heterocycles. The maximum atomic E-state index is 4.79. The highest BCUT2D eigenvalue weighted by atomic mass is 15.2. The number of nitrogens with zero attached hydrogens (tertiary/aromatic N) is 2. The zero-order chi connectivity index (χ0) is 13.3. The zero-order valence-electron chi connectivity index (χ0n) is 12.2. The van der Waals surface area contributed by atoms with Crippen molar-refractivity contribution in [2.45, 2.75) is 34.2 Å². The van der Waals surface area contributed by atoms with Gasteiger partial charge in [-0.05, 0) is 44.4 Å². The van der Waals surface area contributed by atoms with E-state index in [9.17, 15) is 0 Å². The summed E-state index contributed by atoms with van der Waals surface area (Å²) in [6, 6.07) is 2.18. The molecule has 18 heavy (non-hydrogen) atoms. The van der Waals surface area contributed by atoms with E-state index in [2.05, 4.69) is 44.0 Å². The van der Waals surface area contributed by atoms with Crippen molar-refractivity contribution in [1.82, 2.24) is 10.3 Å². The molecule has 0 aromatic carbocycles. The number of hydrogen-bond acceptors (Lipinski definition) is 3. The number of rotatable bonds is 3. The Hall–Kier alpha value is -1.09. The minimum atomic E-state index is 0.759. The molecule has 2 rings (SSSR count). The molecule has 0 amide bonds. The number of aromatic nitrogens is 1. The van der Waals surface area contributed by atoms with Gasteiger partial charge in [0, 0.05) is 30.9 Å². The van der Waals surface area contributed by atoms with Crippen LogP contribution in [0, 0.1) is 25.7 Å². The van der Waals surface area contributed by atoms with E-state index in [1.54, 1.807) is 0 Å². The Labute approximate surface area is 111 Å². The second kappa shape index (κ2) is 5.27. The van der Waals surface area contributed by atoms with E-state index >= 15 is 0 Å². The lowest BCUT2D eigenvalue weighted by atomic mass is 10.0. The normalized spacial score (nSPS) is 23.7. The molecule has 100 valence electrons. The predicted octanol–water partition coefficient (Wildman–Crippen LogP) is 2.51. The van der Waals surface area contributed by atoms with Gasteiger partial charge in [-0.1, -0.05) is 13.8 Å². The minimum Gasteiger partial charge on any atom is -0.356 e. The molecule has 2 atom stereocenters. The monoisotopic (exact) mass is 247 g/mol. The molecule has 1 aliphatic heterocycles. The maximum absolute atomic E-state index is 4.79. The van der Waals surface area contributed by atoms with Crippen molar-refractivity contribution >= 4 is 5.82 Å². The van der Waals surface area contributed by atoms with E-state index in [0.29, 0.717) is 0 Å². The van der Waals surface area contributed by atoms with E-state index in [1.165, 1.54) is 16.9 Å². The van der Waals surface area contributed by atoms with Crippen LogP contribution in [0.2, 0.25) is 0 Å². The zero-order valence-corrected chi connectivity index (χ0v) is 12.2. The quantitative estimate of drug-likeness (QED) is 0.889.